The number of unbranched alkanes of at least 4 members (excludes halogenated alkanes) is 1. The quantitative estimate of drug-likeness (QED) is 0.386. The molecular formula is C25H31NO3S2. The third-order valence-corrected chi connectivity index (χ3v) is 7.17. The van der Waals surface area contributed by atoms with Crippen molar-refractivity contribution in [1.29, 1.82) is 0 Å². The van der Waals surface area contributed by atoms with Crippen molar-refractivity contribution in [3.05, 3.63) is 71.8 Å². The van der Waals surface area contributed by atoms with Crippen LogP contribution in [0.2, 0.25) is 0 Å². The average Bonchev–Trinajstić information content (AvgIpc) is 3.16. The molecule has 2 aromatic rings. The summed E-state index contributed by atoms with van der Waals surface area (Å²) in [4.78, 5) is 14.9. The summed E-state index contributed by atoms with van der Waals surface area (Å²) in [6, 6.07) is 20.3. The first-order chi connectivity index (χ1) is 15.1. The molecule has 0 radical (unpaired) electrons. The normalized spacial score (nSPS) is 18.2. The van der Waals surface area contributed by atoms with E-state index in [-0.39, 0.29) is 11.9 Å². The highest BCUT2D eigenvalue weighted by atomic mass is 32.2. The number of carbonyl (C=O) groups is 1. The summed E-state index contributed by atoms with van der Waals surface area (Å²) in [5.74, 6) is 0.269. The highest BCUT2D eigenvalue weighted by Crippen LogP contribution is 2.29. The predicted molar refractivity (Wildman–Crippen MR) is 131 cm³/mol. The Morgan fingerprint density at radius 1 is 1.13 bits per heavy atom. The minimum atomic E-state index is -0.674. The Bertz CT molecular complexity index is 831. The number of aliphatic hydroxyl groups excluding tert-OH is 1. The van der Waals surface area contributed by atoms with Crippen molar-refractivity contribution in [2.45, 2.75) is 51.4 Å². The van der Waals surface area contributed by atoms with Gasteiger partial charge in [0.2, 0.25) is 5.91 Å². The van der Waals surface area contributed by atoms with Crippen LogP contribution in [0.5, 0.6) is 0 Å². The second-order valence-electron chi connectivity index (χ2n) is 8.02. The predicted octanol–water partition coefficient (Wildman–Crippen LogP) is 4.84. The Balaban J connectivity index is 1.41. The Morgan fingerprint density at radius 3 is 2.45 bits per heavy atom. The highest BCUT2D eigenvalue weighted by Gasteiger charge is 2.37. The molecule has 1 fully saturated rings. The van der Waals surface area contributed by atoms with E-state index in [0.29, 0.717) is 24.0 Å². The fraction of sp³-hybridized carbons (Fsp3) is 0.440. The summed E-state index contributed by atoms with van der Waals surface area (Å²) >= 11 is 7.01. The SMILES string of the molecule is C[C@H](C(=O)N1C(=S)SC[C@@H]1Cc1ccccc1)[C@H](O)CCCCOCc1ccccc1. The molecule has 3 rings (SSSR count). The molecule has 1 aliphatic heterocycles. The van der Waals surface area contributed by atoms with Crippen molar-refractivity contribution in [3.8, 4) is 0 Å². The lowest BCUT2D eigenvalue weighted by Crippen LogP contribution is -2.45. The molecule has 31 heavy (non-hydrogen) atoms. The molecule has 1 heterocycles. The topological polar surface area (TPSA) is 49.8 Å². The molecule has 0 bridgehead atoms. The lowest BCUT2D eigenvalue weighted by Gasteiger charge is -2.28. The zero-order valence-electron chi connectivity index (χ0n) is 18.0. The van der Waals surface area contributed by atoms with E-state index in [1.807, 2.05) is 55.5 Å². The standard InChI is InChI=1S/C25H31NO3S2/c1-19(23(27)14-8-9-15-29-17-21-12-6-3-7-13-21)24(28)26-22(18-31-25(26)30)16-20-10-4-2-5-11-20/h2-7,10-13,19,22-23,27H,8-9,14-18H2,1H3/t19-,22-,23+/m0/s1. The molecule has 1 N–H and O–H groups in total. The van der Waals surface area contributed by atoms with Gasteiger partial charge in [0.25, 0.3) is 0 Å². The Morgan fingerprint density at radius 2 is 1.77 bits per heavy atom. The number of amides is 1. The van der Waals surface area contributed by atoms with Gasteiger partial charge in [-0.25, -0.2) is 0 Å². The molecule has 3 atom stereocenters. The van der Waals surface area contributed by atoms with E-state index < -0.39 is 12.0 Å². The van der Waals surface area contributed by atoms with Gasteiger partial charge in [-0.05, 0) is 36.8 Å². The first-order valence-corrected chi connectivity index (χ1v) is 12.3. The lowest BCUT2D eigenvalue weighted by molar-refractivity contribution is -0.135. The Kier molecular flexibility index (Phi) is 9.53. The molecule has 1 amide bonds. The van der Waals surface area contributed by atoms with Crippen molar-refractivity contribution in [2.24, 2.45) is 5.92 Å². The van der Waals surface area contributed by atoms with Crippen LogP contribution in [0.3, 0.4) is 0 Å². The maximum Gasteiger partial charge on any atom is 0.233 e. The molecular weight excluding hydrogens is 426 g/mol. The summed E-state index contributed by atoms with van der Waals surface area (Å²) in [7, 11) is 0. The molecule has 0 aromatic heterocycles. The number of hydrogen-bond acceptors (Lipinski definition) is 5. The van der Waals surface area contributed by atoms with Crippen molar-refractivity contribution < 1.29 is 14.6 Å². The van der Waals surface area contributed by atoms with Crippen molar-refractivity contribution in [1.82, 2.24) is 4.90 Å². The van der Waals surface area contributed by atoms with Crippen LogP contribution in [0.1, 0.15) is 37.3 Å². The molecule has 2 aromatic carbocycles. The van der Waals surface area contributed by atoms with Gasteiger partial charge in [0, 0.05) is 12.4 Å². The van der Waals surface area contributed by atoms with Crippen LogP contribution in [-0.2, 0) is 22.6 Å². The number of thiocarbonyl (C=S) groups is 1. The molecule has 1 aliphatic rings. The molecule has 0 unspecified atom stereocenters. The number of ether oxygens (including phenoxy) is 1. The summed E-state index contributed by atoms with van der Waals surface area (Å²) in [5, 5.41) is 10.6. The Hall–Kier alpha value is -1.73. The van der Waals surface area contributed by atoms with E-state index >= 15 is 0 Å². The second-order valence-corrected chi connectivity index (χ2v) is 9.67. The zero-order chi connectivity index (χ0) is 22.1. The third kappa shape index (κ3) is 7.14. The Labute approximate surface area is 195 Å². The maximum atomic E-state index is 13.1. The summed E-state index contributed by atoms with van der Waals surface area (Å²) < 4.78 is 6.32. The van der Waals surface area contributed by atoms with Crippen LogP contribution >= 0.6 is 24.0 Å². The van der Waals surface area contributed by atoms with E-state index in [1.54, 1.807) is 16.7 Å². The second kappa shape index (κ2) is 12.3. The number of rotatable bonds is 11. The van der Waals surface area contributed by atoms with Crippen LogP contribution in [0.25, 0.3) is 0 Å². The summed E-state index contributed by atoms with van der Waals surface area (Å²) in [6.07, 6.45) is 2.37. The van der Waals surface area contributed by atoms with Crippen molar-refractivity contribution >= 4 is 34.2 Å². The smallest absolute Gasteiger partial charge is 0.233 e. The molecule has 0 aliphatic carbocycles. The highest BCUT2D eigenvalue weighted by molar-refractivity contribution is 8.23. The van der Waals surface area contributed by atoms with Gasteiger partial charge in [0.1, 0.15) is 4.32 Å². The molecule has 4 nitrogen and oxygen atoms in total. The van der Waals surface area contributed by atoms with E-state index in [9.17, 15) is 9.90 Å². The minimum absolute atomic E-state index is 0.0495. The molecule has 0 spiro atoms. The van der Waals surface area contributed by atoms with Gasteiger partial charge in [-0.15, -0.1) is 0 Å². The fourth-order valence-corrected chi connectivity index (χ4v) is 5.15. The van der Waals surface area contributed by atoms with Crippen LogP contribution in [0, 0.1) is 5.92 Å². The van der Waals surface area contributed by atoms with E-state index in [2.05, 4.69) is 12.1 Å². The fourth-order valence-electron chi connectivity index (χ4n) is 3.72. The third-order valence-electron chi connectivity index (χ3n) is 5.63. The largest absolute Gasteiger partial charge is 0.392 e. The first kappa shape index (κ1) is 23.9. The summed E-state index contributed by atoms with van der Waals surface area (Å²) in [6.45, 7) is 3.06. The number of nitrogens with zero attached hydrogens (tertiary/aromatic N) is 1. The van der Waals surface area contributed by atoms with Gasteiger partial charge in [-0.2, -0.15) is 0 Å². The number of aliphatic hydroxyl groups is 1. The van der Waals surface area contributed by atoms with Gasteiger partial charge >= 0.3 is 0 Å². The monoisotopic (exact) mass is 457 g/mol. The molecule has 0 saturated carbocycles. The van der Waals surface area contributed by atoms with Crippen molar-refractivity contribution in [2.75, 3.05) is 12.4 Å². The summed E-state index contributed by atoms with van der Waals surface area (Å²) in [5.41, 5.74) is 2.35. The van der Waals surface area contributed by atoms with Crippen LogP contribution in [0.4, 0.5) is 0 Å². The molecule has 1 saturated heterocycles. The van der Waals surface area contributed by atoms with Gasteiger partial charge in [-0.3, -0.25) is 9.69 Å². The minimum Gasteiger partial charge on any atom is -0.392 e. The number of benzene rings is 2. The molecule has 166 valence electrons. The molecule has 6 heteroatoms. The number of thioether (sulfide) groups is 1. The van der Waals surface area contributed by atoms with E-state index in [4.69, 9.17) is 17.0 Å². The van der Waals surface area contributed by atoms with Crippen LogP contribution in [-0.4, -0.2) is 44.7 Å². The van der Waals surface area contributed by atoms with Crippen LogP contribution in [0.15, 0.2) is 60.7 Å². The average molecular weight is 458 g/mol. The van der Waals surface area contributed by atoms with E-state index in [1.165, 1.54) is 5.56 Å². The van der Waals surface area contributed by atoms with Crippen LogP contribution < -0.4 is 0 Å². The van der Waals surface area contributed by atoms with Gasteiger partial charge in [0.15, 0.2) is 0 Å². The van der Waals surface area contributed by atoms with Gasteiger partial charge in [0.05, 0.1) is 24.7 Å². The first-order valence-electron chi connectivity index (χ1n) is 10.9. The van der Waals surface area contributed by atoms with Gasteiger partial charge in [-0.1, -0.05) is 91.6 Å². The maximum absolute atomic E-state index is 13.1. The van der Waals surface area contributed by atoms with Gasteiger partial charge < -0.3 is 9.84 Å². The zero-order valence-corrected chi connectivity index (χ0v) is 19.6. The van der Waals surface area contributed by atoms with E-state index in [0.717, 1.165) is 30.6 Å². The number of hydrogen-bond donors (Lipinski definition) is 1. The lowest BCUT2D eigenvalue weighted by atomic mass is 9.97. The number of carbonyl (C=O) groups excluding carboxylic acids is 1. The van der Waals surface area contributed by atoms with Crippen molar-refractivity contribution in [3.63, 3.8) is 0 Å².